The lowest BCUT2D eigenvalue weighted by molar-refractivity contribution is 1.18. The molecule has 1 aromatic heterocycles. The summed E-state index contributed by atoms with van der Waals surface area (Å²) in [5.41, 5.74) is 5.70. The van der Waals surface area contributed by atoms with Crippen molar-refractivity contribution in [2.75, 3.05) is 0 Å². The number of benzene rings is 9. The zero-order chi connectivity index (χ0) is 31.6. The summed E-state index contributed by atoms with van der Waals surface area (Å²) in [7, 11) is 0. The molecule has 10 aromatic rings. The zero-order valence-electron chi connectivity index (χ0n) is 26.1. The molecule has 0 aliphatic carbocycles. The second kappa shape index (κ2) is 10.6. The number of hydrogen-bond acceptors (Lipinski definition) is 2. The molecule has 0 spiro atoms. The Balaban J connectivity index is 1.21. The van der Waals surface area contributed by atoms with E-state index in [-0.39, 0.29) is 0 Å². The first-order valence-electron chi connectivity index (χ1n) is 16.4. The van der Waals surface area contributed by atoms with Crippen LogP contribution in [0.1, 0.15) is 0 Å². The van der Waals surface area contributed by atoms with Gasteiger partial charge in [-0.25, -0.2) is 9.97 Å². The average molecular weight is 609 g/mol. The Bertz CT molecular complexity index is 2820. The third kappa shape index (κ3) is 4.06. The molecule has 2 heteroatoms. The summed E-state index contributed by atoms with van der Waals surface area (Å²) < 4.78 is 0. The van der Waals surface area contributed by atoms with E-state index < -0.39 is 0 Å². The van der Waals surface area contributed by atoms with Gasteiger partial charge < -0.3 is 0 Å². The predicted molar refractivity (Wildman–Crippen MR) is 203 cm³/mol. The monoisotopic (exact) mass is 608 g/mol. The van der Waals surface area contributed by atoms with Crippen LogP contribution in [0.2, 0.25) is 0 Å². The molecule has 0 radical (unpaired) electrons. The minimum Gasteiger partial charge on any atom is -0.236 e. The molecule has 2 nitrogen and oxygen atoms in total. The van der Waals surface area contributed by atoms with Crippen molar-refractivity contribution in [3.05, 3.63) is 170 Å². The van der Waals surface area contributed by atoms with Gasteiger partial charge in [-0.05, 0) is 87.9 Å². The minimum atomic E-state index is 0.733. The SMILES string of the molecule is c1ccc2cc3c(ccc4c(-c5c6ccccc6c(-c6cnc(-c7cccc8ccccc78)nc6)c6ccccc56)cccc43)cc2c1. The van der Waals surface area contributed by atoms with Gasteiger partial charge in [0.1, 0.15) is 0 Å². The van der Waals surface area contributed by atoms with Gasteiger partial charge in [-0.3, -0.25) is 0 Å². The van der Waals surface area contributed by atoms with Crippen molar-refractivity contribution in [1.82, 2.24) is 9.97 Å². The van der Waals surface area contributed by atoms with Gasteiger partial charge >= 0.3 is 0 Å². The van der Waals surface area contributed by atoms with E-state index in [0.29, 0.717) is 0 Å². The standard InChI is InChI=1S/C46H28N2/c1-2-13-31-26-43-32(25-30(31)12-1)23-24-36-35(43)20-10-21-37(36)45-40-18-7-5-16-38(40)44(39-17-6-8-19-41(39)45)33-27-47-46(48-28-33)42-22-9-14-29-11-3-4-15-34(29)42/h1-28H. The maximum absolute atomic E-state index is 4.95. The Kier molecular flexibility index (Phi) is 5.91. The Morgan fingerprint density at radius 2 is 0.812 bits per heavy atom. The van der Waals surface area contributed by atoms with Crippen LogP contribution in [0.25, 0.3) is 98.3 Å². The molecule has 0 unspecified atom stereocenters. The van der Waals surface area contributed by atoms with Crippen molar-refractivity contribution in [2.45, 2.75) is 0 Å². The summed E-state index contributed by atoms with van der Waals surface area (Å²) in [6.07, 6.45) is 3.98. The van der Waals surface area contributed by atoms with Crippen LogP contribution in [-0.4, -0.2) is 9.97 Å². The van der Waals surface area contributed by atoms with Crippen LogP contribution in [0.15, 0.2) is 170 Å². The molecule has 9 aromatic carbocycles. The third-order valence-electron chi connectivity index (χ3n) is 9.92. The molecule has 1 heterocycles. The van der Waals surface area contributed by atoms with E-state index in [0.717, 1.165) is 27.9 Å². The van der Waals surface area contributed by atoms with Crippen molar-refractivity contribution in [2.24, 2.45) is 0 Å². The van der Waals surface area contributed by atoms with Crippen molar-refractivity contribution < 1.29 is 0 Å². The first-order chi connectivity index (χ1) is 23.8. The van der Waals surface area contributed by atoms with E-state index in [9.17, 15) is 0 Å². The highest BCUT2D eigenvalue weighted by molar-refractivity contribution is 6.25. The Morgan fingerprint density at radius 3 is 1.52 bits per heavy atom. The van der Waals surface area contributed by atoms with Crippen LogP contribution in [0.3, 0.4) is 0 Å². The van der Waals surface area contributed by atoms with E-state index in [1.165, 1.54) is 70.4 Å². The number of aromatic nitrogens is 2. The molecule has 0 N–H and O–H groups in total. The maximum atomic E-state index is 4.95. The first kappa shape index (κ1) is 26.8. The number of nitrogens with zero attached hydrogens (tertiary/aromatic N) is 2. The van der Waals surface area contributed by atoms with Gasteiger partial charge in [-0.2, -0.15) is 0 Å². The van der Waals surface area contributed by atoms with Crippen LogP contribution >= 0.6 is 0 Å². The minimum absolute atomic E-state index is 0.733. The van der Waals surface area contributed by atoms with Gasteiger partial charge in [0.2, 0.25) is 0 Å². The fraction of sp³-hybridized carbons (Fsp3) is 0. The quantitative estimate of drug-likeness (QED) is 0.147. The lowest BCUT2D eigenvalue weighted by atomic mass is 9.84. The second-order valence-electron chi connectivity index (χ2n) is 12.5. The number of fused-ring (bicyclic) bond motifs is 7. The normalized spacial score (nSPS) is 11.8. The largest absolute Gasteiger partial charge is 0.236 e. The molecule has 0 fully saturated rings. The van der Waals surface area contributed by atoms with Gasteiger partial charge in [0.15, 0.2) is 5.82 Å². The summed E-state index contributed by atoms with van der Waals surface area (Å²) in [4.78, 5) is 9.90. The average Bonchev–Trinajstić information content (AvgIpc) is 3.16. The first-order valence-corrected chi connectivity index (χ1v) is 16.4. The van der Waals surface area contributed by atoms with Crippen LogP contribution < -0.4 is 0 Å². The lowest BCUT2D eigenvalue weighted by Crippen LogP contribution is -1.94. The fourth-order valence-electron chi connectivity index (χ4n) is 7.75. The third-order valence-corrected chi connectivity index (χ3v) is 9.92. The van der Waals surface area contributed by atoms with Crippen molar-refractivity contribution in [3.8, 4) is 33.6 Å². The molecule has 222 valence electrons. The van der Waals surface area contributed by atoms with Crippen LogP contribution in [0, 0.1) is 0 Å². The van der Waals surface area contributed by atoms with Gasteiger partial charge in [0, 0.05) is 29.1 Å². The molecule has 0 atom stereocenters. The molecule has 48 heavy (non-hydrogen) atoms. The van der Waals surface area contributed by atoms with Gasteiger partial charge in [0.25, 0.3) is 0 Å². The molecule has 0 saturated heterocycles. The Labute approximate surface area is 277 Å². The maximum Gasteiger partial charge on any atom is 0.159 e. The number of hydrogen-bond donors (Lipinski definition) is 0. The van der Waals surface area contributed by atoms with E-state index in [1.54, 1.807) is 0 Å². The number of rotatable bonds is 3. The smallest absolute Gasteiger partial charge is 0.159 e. The topological polar surface area (TPSA) is 25.8 Å². The second-order valence-corrected chi connectivity index (χ2v) is 12.5. The van der Waals surface area contributed by atoms with Crippen molar-refractivity contribution >= 4 is 64.6 Å². The highest BCUT2D eigenvalue weighted by atomic mass is 14.9. The van der Waals surface area contributed by atoms with Crippen molar-refractivity contribution in [3.63, 3.8) is 0 Å². The summed E-state index contributed by atoms with van der Waals surface area (Å²) in [5.74, 6) is 0.733. The van der Waals surface area contributed by atoms with Crippen LogP contribution in [-0.2, 0) is 0 Å². The van der Waals surface area contributed by atoms with Gasteiger partial charge in [0.05, 0.1) is 0 Å². The fourth-order valence-corrected chi connectivity index (χ4v) is 7.75. The summed E-state index contributed by atoms with van der Waals surface area (Å²) in [6, 6.07) is 56.9. The molecule has 0 amide bonds. The van der Waals surface area contributed by atoms with Crippen LogP contribution in [0.4, 0.5) is 0 Å². The van der Waals surface area contributed by atoms with Crippen molar-refractivity contribution in [1.29, 1.82) is 0 Å². The lowest BCUT2D eigenvalue weighted by Gasteiger charge is -2.19. The molecule has 10 rings (SSSR count). The molecule has 0 saturated carbocycles. The molecular formula is C46H28N2. The van der Waals surface area contributed by atoms with Gasteiger partial charge in [-0.1, -0.05) is 146 Å². The van der Waals surface area contributed by atoms with Crippen LogP contribution in [0.5, 0.6) is 0 Å². The molecule has 0 bridgehead atoms. The molecular weight excluding hydrogens is 581 g/mol. The zero-order valence-corrected chi connectivity index (χ0v) is 26.1. The summed E-state index contributed by atoms with van der Waals surface area (Å²) in [5, 5.41) is 14.8. The predicted octanol–water partition coefficient (Wildman–Crippen LogP) is 12.4. The van der Waals surface area contributed by atoms with Gasteiger partial charge in [-0.15, -0.1) is 0 Å². The Morgan fingerprint density at radius 1 is 0.292 bits per heavy atom. The molecule has 0 aliphatic rings. The van der Waals surface area contributed by atoms with E-state index in [4.69, 9.17) is 9.97 Å². The summed E-state index contributed by atoms with van der Waals surface area (Å²) >= 11 is 0. The highest BCUT2D eigenvalue weighted by Gasteiger charge is 2.19. The van der Waals surface area contributed by atoms with E-state index >= 15 is 0 Å². The molecule has 0 aliphatic heterocycles. The Hall–Kier alpha value is -6.38. The highest BCUT2D eigenvalue weighted by Crippen LogP contribution is 2.46. The summed E-state index contributed by atoms with van der Waals surface area (Å²) in [6.45, 7) is 0. The van der Waals surface area contributed by atoms with E-state index in [1.807, 2.05) is 12.4 Å². The van der Waals surface area contributed by atoms with E-state index in [2.05, 4.69) is 158 Å².